The Balaban J connectivity index is 2.79. The van der Waals surface area contributed by atoms with E-state index in [-0.39, 0.29) is 6.42 Å². The minimum atomic E-state index is -2.18. The van der Waals surface area contributed by atoms with Gasteiger partial charge in [0.1, 0.15) is 6.42 Å². The minimum absolute atomic E-state index is 0.174. The molecule has 0 spiro atoms. The predicted molar refractivity (Wildman–Crippen MR) is 41.1 cm³/mol. The molecule has 1 atom stereocenters. The van der Waals surface area contributed by atoms with Crippen LogP contribution in [-0.2, 0) is 4.74 Å². The summed E-state index contributed by atoms with van der Waals surface area (Å²) in [6.07, 6.45) is 0.440. The molecule has 1 heterocycles. The zero-order valence-electron chi connectivity index (χ0n) is 7.00. The van der Waals surface area contributed by atoms with Gasteiger partial charge in [-0.2, -0.15) is 0 Å². The van der Waals surface area contributed by atoms with Gasteiger partial charge in [0.25, 0.3) is 0 Å². The van der Waals surface area contributed by atoms with Gasteiger partial charge in [-0.1, -0.05) is 6.92 Å². The topological polar surface area (TPSA) is 98.8 Å². The summed E-state index contributed by atoms with van der Waals surface area (Å²) in [6.45, 7) is 1.74. The lowest BCUT2D eigenvalue weighted by atomic mass is 10.0. The van der Waals surface area contributed by atoms with Gasteiger partial charge in [-0.25, -0.2) is 0 Å². The predicted octanol–water partition coefficient (Wildman–Crippen LogP) is 0.249. The van der Waals surface area contributed by atoms with Gasteiger partial charge in [0.05, 0.1) is 29.0 Å². The van der Waals surface area contributed by atoms with Crippen LogP contribution in [-0.4, -0.2) is 28.2 Å². The van der Waals surface area contributed by atoms with Crippen LogP contribution in [0.5, 0.6) is 0 Å². The van der Waals surface area contributed by atoms with Crippen molar-refractivity contribution in [2.24, 2.45) is 0 Å². The maximum Gasteiger partial charge on any atom is 0.464 e. The first-order valence-electron chi connectivity index (χ1n) is 3.79. The Kier molecular flexibility index (Phi) is 2.46. The van der Waals surface area contributed by atoms with Gasteiger partial charge in [0.2, 0.25) is 0 Å². The molecule has 0 bridgehead atoms. The second-order valence-electron chi connectivity index (χ2n) is 2.78. The molecule has 13 heavy (non-hydrogen) atoms. The molecule has 1 fully saturated rings. The number of ether oxygens (including phenoxy) is 1. The molecule has 7 nitrogen and oxygen atoms in total. The van der Waals surface area contributed by atoms with Crippen molar-refractivity contribution in [1.82, 2.24) is 0 Å². The van der Waals surface area contributed by atoms with Crippen molar-refractivity contribution in [3.63, 3.8) is 0 Å². The number of hydrogen-bond donors (Lipinski definition) is 0. The van der Waals surface area contributed by atoms with Gasteiger partial charge >= 0.3 is 5.66 Å². The van der Waals surface area contributed by atoms with E-state index in [0.29, 0.717) is 6.61 Å². The highest BCUT2D eigenvalue weighted by molar-refractivity contribution is 4.96. The zero-order chi connectivity index (χ0) is 10.1. The zero-order valence-corrected chi connectivity index (χ0v) is 7.00. The third-order valence-corrected chi connectivity index (χ3v) is 1.96. The Morgan fingerprint density at radius 2 is 2.00 bits per heavy atom. The van der Waals surface area contributed by atoms with E-state index in [9.17, 15) is 20.2 Å². The molecule has 0 aromatic heterocycles. The molecule has 0 amide bonds. The van der Waals surface area contributed by atoms with Gasteiger partial charge in [0.15, 0.2) is 0 Å². The van der Waals surface area contributed by atoms with Crippen LogP contribution < -0.4 is 0 Å². The lowest BCUT2D eigenvalue weighted by Crippen LogP contribution is -2.47. The van der Waals surface area contributed by atoms with Gasteiger partial charge in [-0.05, 0) is 0 Å². The summed E-state index contributed by atoms with van der Waals surface area (Å²) in [6, 6.07) is 0. The molecule has 7 heteroatoms. The van der Waals surface area contributed by atoms with Crippen LogP contribution >= 0.6 is 0 Å². The average Bonchev–Trinajstić information content (AvgIpc) is 2.82. The van der Waals surface area contributed by atoms with E-state index in [0.717, 1.165) is 6.42 Å². The molecule has 73 valence electrons. The molecule has 1 aliphatic heterocycles. The molecule has 1 radical (unpaired) electrons. The first-order valence-corrected chi connectivity index (χ1v) is 3.79. The van der Waals surface area contributed by atoms with Crippen LogP contribution in [0.4, 0.5) is 0 Å². The monoisotopic (exact) mass is 189 g/mol. The van der Waals surface area contributed by atoms with Crippen LogP contribution in [0.25, 0.3) is 0 Å². The molecule has 0 saturated carbocycles. The van der Waals surface area contributed by atoms with Crippen LogP contribution in [0.1, 0.15) is 13.3 Å². The van der Waals surface area contributed by atoms with E-state index in [1.54, 1.807) is 0 Å². The molecule has 0 aromatic carbocycles. The van der Waals surface area contributed by atoms with Crippen LogP contribution in [0.3, 0.4) is 0 Å². The van der Waals surface area contributed by atoms with Crippen molar-refractivity contribution in [3.8, 4) is 0 Å². The Hall–Kier alpha value is -1.24. The van der Waals surface area contributed by atoms with Crippen molar-refractivity contribution in [1.29, 1.82) is 0 Å². The molecule has 0 N–H and O–H groups in total. The second kappa shape index (κ2) is 3.25. The van der Waals surface area contributed by atoms with E-state index >= 15 is 0 Å². The number of epoxide rings is 1. The first-order chi connectivity index (χ1) is 6.03. The molecular formula is C6H9N2O5. The lowest BCUT2D eigenvalue weighted by Gasteiger charge is -2.13. The molecule has 1 unspecified atom stereocenters. The standard InChI is InChI=1S/C6H9N2O5/c1-2-6(7(9)10,8(11)12)3-5-4-13-5/h3,5H,2,4H2,1H3. The molecular weight excluding hydrogens is 180 g/mol. The molecule has 0 aliphatic carbocycles. The van der Waals surface area contributed by atoms with Crippen LogP contribution in [0.2, 0.25) is 0 Å². The van der Waals surface area contributed by atoms with Gasteiger partial charge in [-0.15, -0.1) is 0 Å². The van der Waals surface area contributed by atoms with Crippen molar-refractivity contribution in [3.05, 3.63) is 26.6 Å². The normalized spacial score (nSPS) is 21.2. The summed E-state index contributed by atoms with van der Waals surface area (Å²) >= 11 is 0. The SMILES string of the molecule is CCC([CH]C1CO1)([N+](=O)[O-])[N+](=O)[O-]. The summed E-state index contributed by atoms with van der Waals surface area (Å²) in [4.78, 5) is 19.3. The fourth-order valence-electron chi connectivity index (χ4n) is 1.01. The van der Waals surface area contributed by atoms with E-state index in [1.165, 1.54) is 6.92 Å². The molecule has 0 aromatic rings. The summed E-state index contributed by atoms with van der Waals surface area (Å²) < 4.78 is 4.70. The lowest BCUT2D eigenvalue weighted by molar-refractivity contribution is -0.786. The average molecular weight is 189 g/mol. The van der Waals surface area contributed by atoms with Crippen molar-refractivity contribution < 1.29 is 14.6 Å². The number of nitrogens with zero attached hydrogens (tertiary/aromatic N) is 2. The first kappa shape index (κ1) is 9.85. The fourth-order valence-corrected chi connectivity index (χ4v) is 1.01. The van der Waals surface area contributed by atoms with Gasteiger partial charge in [-0.3, -0.25) is 20.2 Å². The maximum atomic E-state index is 10.5. The summed E-state index contributed by atoms with van der Waals surface area (Å²) in [7, 11) is 0. The van der Waals surface area contributed by atoms with Crippen molar-refractivity contribution in [2.75, 3.05) is 6.61 Å². The van der Waals surface area contributed by atoms with Crippen LogP contribution in [0, 0.1) is 26.6 Å². The number of rotatable bonds is 5. The van der Waals surface area contributed by atoms with E-state index < -0.39 is 21.6 Å². The number of hydrogen-bond acceptors (Lipinski definition) is 5. The Labute approximate surface area is 74.0 Å². The Morgan fingerprint density at radius 3 is 2.23 bits per heavy atom. The molecule has 1 saturated heterocycles. The summed E-state index contributed by atoms with van der Waals surface area (Å²) in [5, 5.41) is 21.1. The van der Waals surface area contributed by atoms with Crippen LogP contribution in [0.15, 0.2) is 0 Å². The van der Waals surface area contributed by atoms with Crippen molar-refractivity contribution >= 4 is 0 Å². The highest BCUT2D eigenvalue weighted by Crippen LogP contribution is 2.27. The number of nitro groups is 2. The second-order valence-corrected chi connectivity index (χ2v) is 2.78. The van der Waals surface area contributed by atoms with E-state index in [2.05, 4.69) is 0 Å². The highest BCUT2D eigenvalue weighted by atomic mass is 16.7. The van der Waals surface area contributed by atoms with E-state index in [1.807, 2.05) is 0 Å². The quantitative estimate of drug-likeness (QED) is 0.267. The largest absolute Gasteiger partial charge is 0.464 e. The summed E-state index contributed by atoms with van der Waals surface area (Å²) in [5.41, 5.74) is -2.18. The third-order valence-electron chi connectivity index (χ3n) is 1.96. The van der Waals surface area contributed by atoms with Gasteiger partial charge in [0, 0.05) is 0 Å². The molecule has 1 rings (SSSR count). The Bertz CT molecular complexity index is 223. The summed E-state index contributed by atoms with van der Waals surface area (Å²) in [5.74, 6) is 0. The smallest absolute Gasteiger partial charge is 0.372 e. The highest BCUT2D eigenvalue weighted by Gasteiger charge is 2.58. The third kappa shape index (κ3) is 1.74. The van der Waals surface area contributed by atoms with Crippen molar-refractivity contribution in [2.45, 2.75) is 25.1 Å². The Morgan fingerprint density at radius 1 is 1.54 bits per heavy atom. The fraction of sp³-hybridized carbons (Fsp3) is 0.833. The van der Waals surface area contributed by atoms with E-state index in [4.69, 9.17) is 4.74 Å². The minimum Gasteiger partial charge on any atom is -0.372 e. The maximum absolute atomic E-state index is 10.5. The van der Waals surface area contributed by atoms with Gasteiger partial charge < -0.3 is 4.74 Å². The molecule has 1 aliphatic rings.